The highest BCUT2D eigenvalue weighted by molar-refractivity contribution is 5.96. The van der Waals surface area contributed by atoms with Crippen molar-refractivity contribution in [2.45, 2.75) is 32.6 Å². The van der Waals surface area contributed by atoms with Crippen LogP contribution in [0.5, 0.6) is 0 Å². The molecule has 2 rings (SSSR count). The molecule has 0 bridgehead atoms. The Balaban J connectivity index is 2.08. The van der Waals surface area contributed by atoms with Crippen LogP contribution in [-0.2, 0) is 27.4 Å². The van der Waals surface area contributed by atoms with Crippen LogP contribution in [0.3, 0.4) is 0 Å². The van der Waals surface area contributed by atoms with Gasteiger partial charge in [-0.1, -0.05) is 31.5 Å². The molecule has 3 nitrogen and oxygen atoms in total. The molecule has 0 heterocycles. The topological polar surface area (TPSA) is 35.5 Å². The normalized spacial score (nSPS) is 13.1. The molecule has 1 aromatic carbocycles. The third kappa shape index (κ3) is 2.79. The van der Waals surface area contributed by atoms with Crippen LogP contribution in [0.1, 0.15) is 36.5 Å². The minimum atomic E-state index is -0.399. The minimum absolute atomic E-state index is 0.399. The van der Waals surface area contributed by atoms with Gasteiger partial charge in [0, 0.05) is 12.0 Å². The van der Waals surface area contributed by atoms with Gasteiger partial charge in [-0.3, -0.25) is 4.89 Å². The molecular weight excluding hydrogens is 228 g/mol. The number of carbonyl (C=O) groups excluding carboxylic acids is 1. The molecule has 1 aliphatic rings. The third-order valence-electron chi connectivity index (χ3n) is 3.16. The van der Waals surface area contributed by atoms with Crippen molar-refractivity contribution < 1.29 is 14.6 Å². The van der Waals surface area contributed by atoms with Gasteiger partial charge in [0.2, 0.25) is 0 Å². The minimum Gasteiger partial charge on any atom is -0.293 e. The van der Waals surface area contributed by atoms with Gasteiger partial charge >= 0.3 is 5.97 Å². The van der Waals surface area contributed by atoms with Crippen LogP contribution in [0.4, 0.5) is 0 Å². The van der Waals surface area contributed by atoms with Crippen molar-refractivity contribution in [1.29, 1.82) is 0 Å². The molecular formula is C15H18O3. The van der Waals surface area contributed by atoms with E-state index in [4.69, 9.17) is 0 Å². The average molecular weight is 246 g/mol. The van der Waals surface area contributed by atoms with Crippen molar-refractivity contribution in [2.24, 2.45) is 0 Å². The lowest BCUT2D eigenvalue weighted by molar-refractivity contribution is -0.250. The molecule has 0 aromatic heterocycles. The Morgan fingerprint density at radius 1 is 1.39 bits per heavy atom. The SMILES string of the molecule is CCCCc1ccc2c(c1)CC(C(=O)OOC)=C2. The molecule has 0 N–H and O–H groups in total. The van der Waals surface area contributed by atoms with E-state index in [1.807, 2.05) is 6.08 Å². The van der Waals surface area contributed by atoms with Crippen LogP contribution in [0, 0.1) is 0 Å². The van der Waals surface area contributed by atoms with Crippen molar-refractivity contribution in [2.75, 3.05) is 7.11 Å². The Kier molecular flexibility index (Phi) is 4.15. The first-order valence-electron chi connectivity index (χ1n) is 6.32. The van der Waals surface area contributed by atoms with E-state index in [1.54, 1.807) is 0 Å². The van der Waals surface area contributed by atoms with Crippen LogP contribution in [0.15, 0.2) is 23.8 Å². The summed E-state index contributed by atoms with van der Waals surface area (Å²) in [4.78, 5) is 20.5. The zero-order valence-corrected chi connectivity index (χ0v) is 10.9. The lowest BCUT2D eigenvalue weighted by Crippen LogP contribution is -2.06. The van der Waals surface area contributed by atoms with Crippen LogP contribution in [0.25, 0.3) is 6.08 Å². The van der Waals surface area contributed by atoms with Gasteiger partial charge in [-0.25, -0.2) is 4.79 Å². The lowest BCUT2D eigenvalue weighted by Gasteiger charge is -2.04. The largest absolute Gasteiger partial charge is 0.369 e. The first-order chi connectivity index (χ1) is 8.74. The maximum Gasteiger partial charge on any atom is 0.369 e. The van der Waals surface area contributed by atoms with E-state index in [2.05, 4.69) is 34.9 Å². The van der Waals surface area contributed by atoms with Gasteiger partial charge in [0.25, 0.3) is 0 Å². The first-order valence-corrected chi connectivity index (χ1v) is 6.32. The summed E-state index contributed by atoms with van der Waals surface area (Å²) in [7, 11) is 1.34. The van der Waals surface area contributed by atoms with Crippen LogP contribution >= 0.6 is 0 Å². The molecule has 1 aromatic rings. The Morgan fingerprint density at radius 2 is 2.22 bits per heavy atom. The standard InChI is InChI=1S/C15H18O3/c1-3-4-5-11-6-7-12-9-14(10-13(12)8-11)15(16)18-17-2/h6-9H,3-5,10H2,1-2H3. The van der Waals surface area contributed by atoms with E-state index in [0.29, 0.717) is 12.0 Å². The molecule has 0 radical (unpaired) electrons. The van der Waals surface area contributed by atoms with Gasteiger partial charge < -0.3 is 0 Å². The van der Waals surface area contributed by atoms with Gasteiger partial charge in [0.05, 0.1) is 7.11 Å². The molecule has 0 saturated heterocycles. The van der Waals surface area contributed by atoms with Gasteiger partial charge in [-0.05, 0) is 35.6 Å². The van der Waals surface area contributed by atoms with Crippen LogP contribution in [-0.4, -0.2) is 13.1 Å². The second-order valence-electron chi connectivity index (χ2n) is 4.52. The lowest BCUT2D eigenvalue weighted by atomic mass is 10.0. The van der Waals surface area contributed by atoms with Gasteiger partial charge in [0.15, 0.2) is 0 Å². The van der Waals surface area contributed by atoms with E-state index in [1.165, 1.54) is 31.1 Å². The molecule has 18 heavy (non-hydrogen) atoms. The number of aryl methyl sites for hydroxylation is 1. The number of hydrogen-bond donors (Lipinski definition) is 0. The van der Waals surface area contributed by atoms with Crippen molar-refractivity contribution in [3.05, 3.63) is 40.5 Å². The Morgan fingerprint density at radius 3 is 2.94 bits per heavy atom. The second kappa shape index (κ2) is 5.83. The predicted molar refractivity (Wildman–Crippen MR) is 69.8 cm³/mol. The number of fused-ring (bicyclic) bond motifs is 1. The second-order valence-corrected chi connectivity index (χ2v) is 4.52. The summed E-state index contributed by atoms with van der Waals surface area (Å²) in [6.07, 6.45) is 6.00. The molecule has 1 aliphatic carbocycles. The molecule has 0 fully saturated rings. The molecule has 0 unspecified atom stereocenters. The van der Waals surface area contributed by atoms with Crippen molar-refractivity contribution >= 4 is 12.0 Å². The number of rotatable bonds is 5. The zero-order chi connectivity index (χ0) is 13.0. The summed E-state index contributed by atoms with van der Waals surface area (Å²) < 4.78 is 0. The fourth-order valence-electron chi connectivity index (χ4n) is 2.19. The van der Waals surface area contributed by atoms with Crippen molar-refractivity contribution in [1.82, 2.24) is 0 Å². The quantitative estimate of drug-likeness (QED) is 0.591. The summed E-state index contributed by atoms with van der Waals surface area (Å²) in [5.41, 5.74) is 4.30. The number of benzene rings is 1. The van der Waals surface area contributed by atoms with E-state index in [9.17, 15) is 4.79 Å². The van der Waals surface area contributed by atoms with E-state index >= 15 is 0 Å². The highest BCUT2D eigenvalue weighted by Gasteiger charge is 2.20. The van der Waals surface area contributed by atoms with E-state index in [0.717, 1.165) is 12.0 Å². The molecule has 0 saturated carbocycles. The highest BCUT2D eigenvalue weighted by atomic mass is 17.2. The maximum absolute atomic E-state index is 11.6. The molecule has 0 spiro atoms. The maximum atomic E-state index is 11.6. The Hall–Kier alpha value is -1.61. The van der Waals surface area contributed by atoms with Crippen LogP contribution in [0.2, 0.25) is 0 Å². The number of unbranched alkanes of at least 4 members (excludes halogenated alkanes) is 1. The fraction of sp³-hybridized carbons (Fsp3) is 0.400. The molecule has 0 amide bonds. The number of carbonyl (C=O) groups is 1. The Bertz CT molecular complexity index is 475. The van der Waals surface area contributed by atoms with Crippen molar-refractivity contribution in [3.8, 4) is 0 Å². The monoisotopic (exact) mass is 246 g/mol. The summed E-state index contributed by atoms with van der Waals surface area (Å²) >= 11 is 0. The molecule has 0 aliphatic heterocycles. The predicted octanol–water partition coefficient (Wildman–Crippen LogP) is 3.07. The average Bonchev–Trinajstić information content (AvgIpc) is 2.79. The molecule has 0 atom stereocenters. The smallest absolute Gasteiger partial charge is 0.293 e. The molecule has 96 valence electrons. The number of hydrogen-bond acceptors (Lipinski definition) is 3. The van der Waals surface area contributed by atoms with Gasteiger partial charge in [-0.2, -0.15) is 4.89 Å². The molecule has 3 heteroatoms. The third-order valence-corrected chi connectivity index (χ3v) is 3.16. The fourth-order valence-corrected chi connectivity index (χ4v) is 2.19. The summed E-state index contributed by atoms with van der Waals surface area (Å²) in [6.45, 7) is 2.19. The van der Waals surface area contributed by atoms with Gasteiger partial charge in [-0.15, -0.1) is 0 Å². The highest BCUT2D eigenvalue weighted by Crippen LogP contribution is 2.27. The summed E-state index contributed by atoms with van der Waals surface area (Å²) in [5, 5.41) is 0. The zero-order valence-electron chi connectivity index (χ0n) is 10.9. The Labute approximate surface area is 107 Å². The van der Waals surface area contributed by atoms with Crippen LogP contribution < -0.4 is 0 Å². The van der Waals surface area contributed by atoms with Crippen molar-refractivity contribution in [3.63, 3.8) is 0 Å². The first kappa shape index (κ1) is 12.8. The summed E-state index contributed by atoms with van der Waals surface area (Å²) in [6, 6.07) is 6.40. The van der Waals surface area contributed by atoms with E-state index < -0.39 is 5.97 Å². The van der Waals surface area contributed by atoms with Gasteiger partial charge in [0.1, 0.15) is 0 Å². The van der Waals surface area contributed by atoms with E-state index in [-0.39, 0.29) is 0 Å². The summed E-state index contributed by atoms with van der Waals surface area (Å²) in [5.74, 6) is -0.399.